The molecule has 0 aromatic rings. The Balaban J connectivity index is 1.48. The molecule has 0 amide bonds. The van der Waals surface area contributed by atoms with Gasteiger partial charge in [0.15, 0.2) is 0 Å². The number of carbonyl (C=O) groups is 1. The molecule has 3 fully saturated rings. The van der Waals surface area contributed by atoms with Gasteiger partial charge in [-0.25, -0.2) is 0 Å². The number of hydrogen-bond acceptors (Lipinski definition) is 3. The Morgan fingerprint density at radius 1 is 1.06 bits per heavy atom. The predicted molar refractivity (Wildman–Crippen MR) is 122 cm³/mol. The molecular weight excluding hydrogens is 388 g/mol. The molecule has 0 aliphatic heterocycles. The zero-order valence-electron chi connectivity index (χ0n) is 20.0. The SMILES string of the molecule is CC(CCC[C@@H](C)[C@H]1CCC2C3C(CC[C@@]21C)[C@@]1(C)CC[C@H](O)CC1=C[C@H]3O)C(=O)O. The van der Waals surface area contributed by atoms with Gasteiger partial charge in [-0.05, 0) is 91.8 Å². The fraction of sp³-hybridized carbons (Fsp3) is 0.889. The van der Waals surface area contributed by atoms with Gasteiger partial charge in [0.05, 0.1) is 18.1 Å². The highest BCUT2D eigenvalue weighted by Crippen LogP contribution is 2.67. The first-order valence-electron chi connectivity index (χ1n) is 12.9. The topological polar surface area (TPSA) is 77.8 Å². The third-order valence-corrected chi connectivity index (χ3v) is 10.6. The molecular formula is C27H44O4. The van der Waals surface area contributed by atoms with Crippen molar-refractivity contribution in [1.29, 1.82) is 0 Å². The lowest BCUT2D eigenvalue weighted by Gasteiger charge is -2.59. The summed E-state index contributed by atoms with van der Waals surface area (Å²) in [5.41, 5.74) is 1.76. The van der Waals surface area contributed by atoms with Crippen LogP contribution < -0.4 is 0 Å². The number of carboxylic acids is 1. The Hall–Kier alpha value is -0.870. The Kier molecular flexibility index (Phi) is 6.37. The van der Waals surface area contributed by atoms with Crippen LogP contribution in [0, 0.1) is 46.3 Å². The van der Waals surface area contributed by atoms with Crippen molar-refractivity contribution in [1.82, 2.24) is 0 Å². The van der Waals surface area contributed by atoms with Crippen LogP contribution in [0.25, 0.3) is 0 Å². The van der Waals surface area contributed by atoms with E-state index < -0.39 is 5.97 Å². The highest BCUT2D eigenvalue weighted by molar-refractivity contribution is 5.69. The molecule has 4 unspecified atom stereocenters. The summed E-state index contributed by atoms with van der Waals surface area (Å²) in [5, 5.41) is 30.6. The van der Waals surface area contributed by atoms with E-state index in [-0.39, 0.29) is 29.0 Å². The van der Waals surface area contributed by atoms with Crippen molar-refractivity contribution in [3.63, 3.8) is 0 Å². The molecule has 0 aromatic heterocycles. The van der Waals surface area contributed by atoms with Crippen LogP contribution in [-0.2, 0) is 4.79 Å². The molecule has 4 heteroatoms. The van der Waals surface area contributed by atoms with Crippen molar-refractivity contribution in [2.24, 2.45) is 46.3 Å². The average Bonchev–Trinajstić information content (AvgIpc) is 3.06. The maximum absolute atomic E-state index is 11.3. The van der Waals surface area contributed by atoms with Crippen molar-refractivity contribution in [2.75, 3.05) is 0 Å². The second-order valence-corrected chi connectivity index (χ2v) is 12.2. The second kappa shape index (κ2) is 8.48. The molecule has 0 heterocycles. The Morgan fingerprint density at radius 2 is 1.81 bits per heavy atom. The fourth-order valence-electron chi connectivity index (χ4n) is 8.68. The monoisotopic (exact) mass is 432 g/mol. The number of aliphatic hydroxyl groups excluding tert-OH is 2. The van der Waals surface area contributed by atoms with Crippen molar-refractivity contribution in [3.8, 4) is 0 Å². The van der Waals surface area contributed by atoms with Gasteiger partial charge in [-0.2, -0.15) is 0 Å². The molecule has 4 nitrogen and oxygen atoms in total. The third-order valence-electron chi connectivity index (χ3n) is 10.6. The number of aliphatic hydroxyl groups is 2. The van der Waals surface area contributed by atoms with Gasteiger partial charge in [-0.3, -0.25) is 4.79 Å². The van der Waals surface area contributed by atoms with Crippen LogP contribution in [0.5, 0.6) is 0 Å². The molecule has 4 aliphatic carbocycles. The van der Waals surface area contributed by atoms with Gasteiger partial charge in [0.2, 0.25) is 0 Å². The average molecular weight is 433 g/mol. The summed E-state index contributed by atoms with van der Waals surface area (Å²) >= 11 is 0. The van der Waals surface area contributed by atoms with Gasteiger partial charge < -0.3 is 15.3 Å². The molecule has 0 aromatic carbocycles. The number of hydrogen-bond donors (Lipinski definition) is 3. The molecule has 31 heavy (non-hydrogen) atoms. The molecule has 0 radical (unpaired) electrons. The van der Waals surface area contributed by atoms with Crippen LogP contribution in [0.15, 0.2) is 11.6 Å². The lowest BCUT2D eigenvalue weighted by Crippen LogP contribution is -2.54. The normalized spacial score (nSPS) is 46.3. The van der Waals surface area contributed by atoms with E-state index in [2.05, 4.69) is 26.8 Å². The molecule has 0 bridgehead atoms. The fourth-order valence-corrected chi connectivity index (χ4v) is 8.68. The first kappa shape index (κ1) is 23.3. The summed E-state index contributed by atoms with van der Waals surface area (Å²) < 4.78 is 0. The summed E-state index contributed by atoms with van der Waals surface area (Å²) in [4.78, 5) is 11.1. The van der Waals surface area contributed by atoms with Crippen LogP contribution in [0.1, 0.15) is 91.9 Å². The molecule has 3 N–H and O–H groups in total. The summed E-state index contributed by atoms with van der Waals surface area (Å²) in [7, 11) is 0. The second-order valence-electron chi connectivity index (χ2n) is 12.2. The van der Waals surface area contributed by atoms with E-state index in [1.165, 1.54) is 31.3 Å². The highest BCUT2D eigenvalue weighted by atomic mass is 16.4. The first-order chi connectivity index (χ1) is 14.6. The number of aliphatic carboxylic acids is 1. The van der Waals surface area contributed by atoms with Crippen molar-refractivity contribution in [2.45, 2.75) is 104 Å². The Labute approximate surface area is 188 Å². The first-order valence-corrected chi connectivity index (χ1v) is 12.9. The van der Waals surface area contributed by atoms with Crippen LogP contribution >= 0.6 is 0 Å². The third kappa shape index (κ3) is 3.90. The van der Waals surface area contributed by atoms with Gasteiger partial charge in [0.25, 0.3) is 0 Å². The molecule has 0 spiro atoms. The quantitative estimate of drug-likeness (QED) is 0.490. The molecule has 10 atom stereocenters. The van der Waals surface area contributed by atoms with Gasteiger partial charge in [-0.15, -0.1) is 0 Å². The molecule has 0 saturated heterocycles. The lowest BCUT2D eigenvalue weighted by molar-refractivity contribution is -0.141. The lowest BCUT2D eigenvalue weighted by atomic mass is 9.46. The molecule has 3 saturated carbocycles. The van der Waals surface area contributed by atoms with E-state index in [1.807, 2.05) is 6.92 Å². The number of carboxylic acid groups (broad SMARTS) is 1. The summed E-state index contributed by atoms with van der Waals surface area (Å²) in [6.45, 7) is 9.11. The summed E-state index contributed by atoms with van der Waals surface area (Å²) in [6.07, 6.45) is 12.0. The standard InChI is InChI=1S/C27H44O4/c1-16(6-5-7-17(2)25(30)31)20-8-9-21-24-22(11-13-27(20,21)4)26(3)12-10-19(28)14-18(26)15-23(24)29/h15-17,19-24,28-29H,5-14H2,1-4H3,(H,30,31)/t16-,17?,19+,20-,21?,22?,23-,24?,26+,27-/m1/s1. The molecule has 4 aliphatic rings. The number of rotatable bonds is 6. The van der Waals surface area contributed by atoms with Gasteiger partial charge in [-0.1, -0.05) is 52.2 Å². The van der Waals surface area contributed by atoms with E-state index in [0.717, 1.165) is 38.5 Å². The Morgan fingerprint density at radius 3 is 2.52 bits per heavy atom. The smallest absolute Gasteiger partial charge is 0.306 e. The summed E-state index contributed by atoms with van der Waals surface area (Å²) in [5.74, 6) is 1.83. The van der Waals surface area contributed by atoms with Crippen molar-refractivity contribution in [3.05, 3.63) is 11.6 Å². The maximum atomic E-state index is 11.3. The van der Waals surface area contributed by atoms with Gasteiger partial charge in [0, 0.05) is 0 Å². The number of fused-ring (bicyclic) bond motifs is 5. The Bertz CT molecular complexity index is 716. The van der Waals surface area contributed by atoms with E-state index in [1.54, 1.807) is 0 Å². The minimum Gasteiger partial charge on any atom is -0.481 e. The highest BCUT2D eigenvalue weighted by Gasteiger charge is 2.61. The largest absolute Gasteiger partial charge is 0.481 e. The predicted octanol–water partition coefficient (Wildman–Crippen LogP) is 5.42. The van der Waals surface area contributed by atoms with E-state index >= 15 is 0 Å². The van der Waals surface area contributed by atoms with E-state index in [4.69, 9.17) is 5.11 Å². The minimum atomic E-state index is -0.679. The van der Waals surface area contributed by atoms with Gasteiger partial charge >= 0.3 is 5.97 Å². The van der Waals surface area contributed by atoms with E-state index in [9.17, 15) is 15.0 Å². The van der Waals surface area contributed by atoms with Crippen molar-refractivity contribution < 1.29 is 20.1 Å². The molecule has 176 valence electrons. The van der Waals surface area contributed by atoms with Gasteiger partial charge in [0.1, 0.15) is 0 Å². The van der Waals surface area contributed by atoms with Crippen LogP contribution in [0.2, 0.25) is 0 Å². The zero-order chi connectivity index (χ0) is 22.6. The zero-order valence-corrected chi connectivity index (χ0v) is 20.0. The maximum Gasteiger partial charge on any atom is 0.306 e. The van der Waals surface area contributed by atoms with Crippen LogP contribution in [0.4, 0.5) is 0 Å². The minimum absolute atomic E-state index is 0.154. The van der Waals surface area contributed by atoms with E-state index in [0.29, 0.717) is 29.6 Å². The summed E-state index contributed by atoms with van der Waals surface area (Å²) in [6, 6.07) is 0. The van der Waals surface area contributed by atoms with Crippen LogP contribution in [-0.4, -0.2) is 33.5 Å². The molecule has 4 rings (SSSR count). The van der Waals surface area contributed by atoms with Crippen molar-refractivity contribution >= 4 is 5.97 Å². The van der Waals surface area contributed by atoms with Crippen LogP contribution in [0.3, 0.4) is 0 Å².